The molecule has 1 amide bonds. The minimum absolute atomic E-state index is 0.0434. The van der Waals surface area contributed by atoms with Crippen molar-refractivity contribution in [3.05, 3.63) is 29.8 Å². The van der Waals surface area contributed by atoms with E-state index in [1.165, 1.54) is 0 Å². The fourth-order valence-electron chi connectivity index (χ4n) is 1.19. The second kappa shape index (κ2) is 5.36. The van der Waals surface area contributed by atoms with E-state index in [0.29, 0.717) is 6.54 Å². The highest BCUT2D eigenvalue weighted by Gasteiger charge is 2.04. The van der Waals surface area contributed by atoms with E-state index in [1.54, 1.807) is 24.3 Å². The van der Waals surface area contributed by atoms with E-state index in [1.807, 2.05) is 6.92 Å². The zero-order chi connectivity index (χ0) is 11.3. The zero-order valence-electron chi connectivity index (χ0n) is 8.73. The van der Waals surface area contributed by atoms with Crippen molar-refractivity contribution < 1.29 is 9.90 Å². The summed E-state index contributed by atoms with van der Waals surface area (Å²) in [4.78, 5) is 11.4. The van der Waals surface area contributed by atoms with Gasteiger partial charge in [0.25, 0.3) is 0 Å². The molecule has 4 N–H and O–H groups in total. The third-order valence-corrected chi connectivity index (χ3v) is 1.90. The molecule has 1 aromatic carbocycles. The number of benzene rings is 1. The lowest BCUT2D eigenvalue weighted by molar-refractivity contribution is -0.120. The average Bonchev–Trinajstić information content (AvgIpc) is 2.15. The number of rotatable bonds is 4. The number of carbonyl (C=O) groups is 1. The Kier molecular flexibility index (Phi) is 4.12. The second-order valence-electron chi connectivity index (χ2n) is 3.63. The maximum Gasteiger partial charge on any atom is 0.224 e. The number of carbonyl (C=O) groups excluding carboxylic acids is 1. The highest BCUT2D eigenvalue weighted by Crippen LogP contribution is 2.10. The second-order valence-corrected chi connectivity index (χ2v) is 3.63. The molecule has 0 spiro atoms. The summed E-state index contributed by atoms with van der Waals surface area (Å²) in [5.74, 6) is 0.0883. The summed E-state index contributed by atoms with van der Waals surface area (Å²) in [6, 6.07) is 6.61. The van der Waals surface area contributed by atoms with Crippen LogP contribution in [0.1, 0.15) is 12.5 Å². The molecule has 0 fully saturated rings. The van der Waals surface area contributed by atoms with Gasteiger partial charge in [-0.3, -0.25) is 4.79 Å². The molecule has 4 nitrogen and oxygen atoms in total. The fraction of sp³-hybridized carbons (Fsp3) is 0.364. The van der Waals surface area contributed by atoms with Crippen LogP contribution < -0.4 is 11.1 Å². The SMILES string of the molecule is CC(N)CNC(=O)Cc1cccc(O)c1. The molecule has 0 heterocycles. The van der Waals surface area contributed by atoms with Gasteiger partial charge in [0, 0.05) is 12.6 Å². The molecule has 1 unspecified atom stereocenters. The summed E-state index contributed by atoms with van der Waals surface area (Å²) in [5.41, 5.74) is 6.29. The van der Waals surface area contributed by atoms with Crippen LogP contribution in [0.15, 0.2) is 24.3 Å². The lowest BCUT2D eigenvalue weighted by atomic mass is 10.1. The van der Waals surface area contributed by atoms with Gasteiger partial charge in [-0.15, -0.1) is 0 Å². The van der Waals surface area contributed by atoms with E-state index in [4.69, 9.17) is 5.73 Å². The largest absolute Gasteiger partial charge is 0.508 e. The van der Waals surface area contributed by atoms with E-state index in [-0.39, 0.29) is 24.1 Å². The third kappa shape index (κ3) is 4.46. The number of hydrogen-bond donors (Lipinski definition) is 3. The molecule has 0 saturated heterocycles. The molecular formula is C11H16N2O2. The van der Waals surface area contributed by atoms with Crippen molar-refractivity contribution in [3.8, 4) is 5.75 Å². The first-order chi connectivity index (χ1) is 7.08. The number of nitrogens with one attached hydrogen (secondary N) is 1. The van der Waals surface area contributed by atoms with E-state index < -0.39 is 0 Å². The van der Waals surface area contributed by atoms with Crippen molar-refractivity contribution in [2.75, 3.05) is 6.54 Å². The summed E-state index contributed by atoms with van der Waals surface area (Å²) in [6.45, 7) is 2.30. The standard InChI is InChI=1S/C11H16N2O2/c1-8(12)7-13-11(15)6-9-3-2-4-10(14)5-9/h2-5,8,14H,6-7,12H2,1H3,(H,13,15). The predicted octanol–water partition coefficient (Wildman–Crippen LogP) is 0.398. The first-order valence-corrected chi connectivity index (χ1v) is 4.88. The lowest BCUT2D eigenvalue weighted by Gasteiger charge is -2.07. The molecule has 0 aliphatic heterocycles. The Morgan fingerprint density at radius 3 is 2.93 bits per heavy atom. The average molecular weight is 208 g/mol. The van der Waals surface area contributed by atoms with Crippen molar-refractivity contribution in [1.29, 1.82) is 0 Å². The zero-order valence-corrected chi connectivity index (χ0v) is 8.73. The Morgan fingerprint density at radius 2 is 2.33 bits per heavy atom. The predicted molar refractivity (Wildman–Crippen MR) is 58.5 cm³/mol. The Hall–Kier alpha value is -1.55. The van der Waals surface area contributed by atoms with Gasteiger partial charge in [-0.2, -0.15) is 0 Å². The molecule has 4 heteroatoms. The van der Waals surface area contributed by atoms with Crippen LogP contribution >= 0.6 is 0 Å². The molecule has 0 aromatic heterocycles. The smallest absolute Gasteiger partial charge is 0.224 e. The molecule has 0 saturated carbocycles. The van der Waals surface area contributed by atoms with Crippen molar-refractivity contribution in [2.24, 2.45) is 5.73 Å². The quantitative estimate of drug-likeness (QED) is 0.670. The van der Waals surface area contributed by atoms with Crippen molar-refractivity contribution in [1.82, 2.24) is 5.32 Å². The van der Waals surface area contributed by atoms with Crippen LogP contribution in [0.5, 0.6) is 5.75 Å². The van der Waals surface area contributed by atoms with E-state index in [2.05, 4.69) is 5.32 Å². The number of nitrogens with two attached hydrogens (primary N) is 1. The molecule has 0 aliphatic carbocycles. The molecular weight excluding hydrogens is 192 g/mol. The Morgan fingerprint density at radius 1 is 1.60 bits per heavy atom. The molecule has 0 radical (unpaired) electrons. The highest BCUT2D eigenvalue weighted by molar-refractivity contribution is 5.78. The minimum Gasteiger partial charge on any atom is -0.508 e. The normalized spacial score (nSPS) is 12.1. The van der Waals surface area contributed by atoms with Crippen molar-refractivity contribution in [3.63, 3.8) is 0 Å². The summed E-state index contributed by atoms with van der Waals surface area (Å²) >= 11 is 0. The molecule has 0 bridgehead atoms. The molecule has 15 heavy (non-hydrogen) atoms. The Bertz CT molecular complexity index is 337. The number of phenolic OH excluding ortho intramolecular Hbond substituents is 1. The molecule has 82 valence electrons. The molecule has 1 aromatic rings. The van der Waals surface area contributed by atoms with E-state index >= 15 is 0 Å². The Labute approximate surface area is 89.1 Å². The Balaban J connectivity index is 2.44. The van der Waals surface area contributed by atoms with Gasteiger partial charge in [-0.25, -0.2) is 0 Å². The monoisotopic (exact) mass is 208 g/mol. The number of hydrogen-bond acceptors (Lipinski definition) is 3. The molecule has 0 aliphatic rings. The van der Waals surface area contributed by atoms with Crippen LogP contribution in [0, 0.1) is 0 Å². The summed E-state index contributed by atoms with van der Waals surface area (Å²) in [6.07, 6.45) is 0.265. The van der Waals surface area contributed by atoms with Gasteiger partial charge in [-0.05, 0) is 24.6 Å². The number of aromatic hydroxyl groups is 1. The summed E-state index contributed by atoms with van der Waals surface area (Å²) < 4.78 is 0. The molecule has 1 atom stereocenters. The third-order valence-electron chi connectivity index (χ3n) is 1.90. The number of phenols is 1. The first-order valence-electron chi connectivity index (χ1n) is 4.88. The van der Waals surface area contributed by atoms with Crippen LogP contribution in [0.2, 0.25) is 0 Å². The lowest BCUT2D eigenvalue weighted by Crippen LogP contribution is -2.35. The van der Waals surface area contributed by atoms with Crippen LogP contribution in [-0.4, -0.2) is 23.6 Å². The fourth-order valence-corrected chi connectivity index (χ4v) is 1.19. The van der Waals surface area contributed by atoms with Gasteiger partial charge in [0.05, 0.1) is 6.42 Å². The van der Waals surface area contributed by atoms with Gasteiger partial charge in [0.15, 0.2) is 0 Å². The van der Waals surface area contributed by atoms with E-state index in [9.17, 15) is 9.90 Å². The minimum atomic E-state index is -0.0853. The van der Waals surface area contributed by atoms with E-state index in [0.717, 1.165) is 5.56 Å². The first kappa shape index (κ1) is 11.5. The highest BCUT2D eigenvalue weighted by atomic mass is 16.3. The van der Waals surface area contributed by atoms with Crippen LogP contribution in [-0.2, 0) is 11.2 Å². The van der Waals surface area contributed by atoms with Crippen molar-refractivity contribution in [2.45, 2.75) is 19.4 Å². The molecule has 1 rings (SSSR count). The van der Waals surface area contributed by atoms with Crippen molar-refractivity contribution >= 4 is 5.91 Å². The van der Waals surface area contributed by atoms with Crippen LogP contribution in [0.4, 0.5) is 0 Å². The van der Waals surface area contributed by atoms with Gasteiger partial charge in [-0.1, -0.05) is 12.1 Å². The summed E-state index contributed by atoms with van der Waals surface area (Å²) in [5, 5.41) is 11.9. The maximum absolute atomic E-state index is 11.4. The topological polar surface area (TPSA) is 75.3 Å². The van der Waals surface area contributed by atoms with Gasteiger partial charge in [0.1, 0.15) is 5.75 Å². The number of amides is 1. The van der Waals surface area contributed by atoms with Gasteiger partial charge in [0.2, 0.25) is 5.91 Å². The van der Waals surface area contributed by atoms with Crippen LogP contribution in [0.25, 0.3) is 0 Å². The van der Waals surface area contributed by atoms with Gasteiger partial charge < -0.3 is 16.2 Å². The summed E-state index contributed by atoms with van der Waals surface area (Å²) in [7, 11) is 0. The maximum atomic E-state index is 11.4. The van der Waals surface area contributed by atoms with Gasteiger partial charge >= 0.3 is 0 Å². The van der Waals surface area contributed by atoms with Crippen LogP contribution in [0.3, 0.4) is 0 Å².